The Balaban J connectivity index is 1.52. The zero-order valence-electron chi connectivity index (χ0n) is 13.7. The van der Waals surface area contributed by atoms with Crippen LogP contribution in [0.5, 0.6) is 5.75 Å². The Hall–Kier alpha value is -1.28. The standard InChI is InChI=1S/C17H18ClN3O2S2/c1-24-23-14-4-2-3-11(18)16(14)15-7-12(21-22-15)13-9-25-17(20-13)10-5-6-19-8-10/h2-4,9-10,15,19H,5-8H2,1H3. The number of oxime groups is 1. The summed E-state index contributed by atoms with van der Waals surface area (Å²) in [5.41, 5.74) is 2.62. The highest BCUT2D eigenvalue weighted by Gasteiger charge is 2.30. The summed E-state index contributed by atoms with van der Waals surface area (Å²) in [5.74, 6) is 1.24. The molecule has 132 valence electrons. The van der Waals surface area contributed by atoms with Gasteiger partial charge < -0.3 is 14.3 Å². The predicted octanol–water partition coefficient (Wildman–Crippen LogP) is 4.40. The molecule has 1 aromatic heterocycles. The lowest BCUT2D eigenvalue weighted by atomic mass is 10.0. The average Bonchev–Trinajstić information content (AvgIpc) is 3.35. The fourth-order valence-electron chi connectivity index (χ4n) is 3.15. The maximum atomic E-state index is 6.39. The minimum Gasteiger partial charge on any atom is -0.426 e. The highest BCUT2D eigenvalue weighted by Crippen LogP contribution is 2.40. The summed E-state index contributed by atoms with van der Waals surface area (Å²) < 4.78 is 5.62. The van der Waals surface area contributed by atoms with Gasteiger partial charge in [0.15, 0.2) is 6.10 Å². The van der Waals surface area contributed by atoms with E-state index in [1.54, 1.807) is 11.3 Å². The monoisotopic (exact) mass is 395 g/mol. The first-order chi connectivity index (χ1) is 12.3. The normalized spacial score (nSPS) is 22.7. The van der Waals surface area contributed by atoms with E-state index in [0.717, 1.165) is 42.2 Å². The lowest BCUT2D eigenvalue weighted by Crippen LogP contribution is -2.08. The predicted molar refractivity (Wildman–Crippen MR) is 103 cm³/mol. The third kappa shape index (κ3) is 3.51. The lowest BCUT2D eigenvalue weighted by molar-refractivity contribution is 0.0847. The van der Waals surface area contributed by atoms with Crippen LogP contribution in [0.2, 0.25) is 5.02 Å². The molecular weight excluding hydrogens is 378 g/mol. The van der Waals surface area contributed by atoms with E-state index in [-0.39, 0.29) is 6.10 Å². The van der Waals surface area contributed by atoms with Crippen LogP contribution in [0.15, 0.2) is 28.7 Å². The van der Waals surface area contributed by atoms with Gasteiger partial charge in [0.2, 0.25) is 0 Å². The second-order valence-corrected chi connectivity index (χ2v) is 7.80. The summed E-state index contributed by atoms with van der Waals surface area (Å²) in [6, 6.07) is 5.61. The van der Waals surface area contributed by atoms with Gasteiger partial charge in [0, 0.05) is 30.5 Å². The van der Waals surface area contributed by atoms with Gasteiger partial charge in [-0.1, -0.05) is 22.8 Å². The van der Waals surface area contributed by atoms with Crippen LogP contribution >= 0.6 is 35.0 Å². The van der Waals surface area contributed by atoms with Gasteiger partial charge in [0.25, 0.3) is 0 Å². The number of hydrogen-bond acceptors (Lipinski definition) is 7. The van der Waals surface area contributed by atoms with E-state index in [4.69, 9.17) is 25.6 Å². The molecule has 0 saturated carbocycles. The molecule has 1 saturated heterocycles. The van der Waals surface area contributed by atoms with Gasteiger partial charge in [0.05, 0.1) is 33.3 Å². The maximum absolute atomic E-state index is 6.39. The largest absolute Gasteiger partial charge is 0.426 e. The van der Waals surface area contributed by atoms with Crippen LogP contribution in [-0.2, 0) is 4.84 Å². The summed E-state index contributed by atoms with van der Waals surface area (Å²) in [5, 5.41) is 11.5. The Kier molecular flexibility index (Phi) is 5.17. The van der Waals surface area contributed by atoms with Gasteiger partial charge >= 0.3 is 0 Å². The molecule has 2 aliphatic rings. The van der Waals surface area contributed by atoms with Crippen LogP contribution in [0, 0.1) is 0 Å². The van der Waals surface area contributed by atoms with E-state index in [1.807, 2.05) is 24.5 Å². The van der Waals surface area contributed by atoms with Crippen molar-refractivity contribution < 1.29 is 9.02 Å². The van der Waals surface area contributed by atoms with Crippen molar-refractivity contribution in [1.29, 1.82) is 0 Å². The molecule has 8 heteroatoms. The fraction of sp³-hybridized carbons (Fsp3) is 0.412. The fourth-order valence-corrected chi connectivity index (χ4v) is 4.73. The summed E-state index contributed by atoms with van der Waals surface area (Å²) in [6.45, 7) is 2.07. The molecule has 0 spiro atoms. The minimum absolute atomic E-state index is 0.246. The van der Waals surface area contributed by atoms with Gasteiger partial charge in [-0.2, -0.15) is 0 Å². The molecule has 2 unspecified atom stereocenters. The van der Waals surface area contributed by atoms with Crippen LogP contribution in [0.25, 0.3) is 0 Å². The maximum Gasteiger partial charge on any atom is 0.163 e. The molecule has 1 N–H and O–H groups in total. The Bertz CT molecular complexity index is 790. The smallest absolute Gasteiger partial charge is 0.163 e. The topological polar surface area (TPSA) is 55.7 Å². The molecule has 2 aromatic rings. The van der Waals surface area contributed by atoms with Gasteiger partial charge in [-0.25, -0.2) is 4.98 Å². The van der Waals surface area contributed by atoms with Crippen molar-refractivity contribution in [2.75, 3.05) is 19.3 Å². The summed E-state index contributed by atoms with van der Waals surface area (Å²) in [7, 11) is 0. The van der Waals surface area contributed by atoms with Crippen molar-refractivity contribution in [3.05, 3.63) is 44.9 Å². The third-order valence-electron chi connectivity index (χ3n) is 4.40. The highest BCUT2D eigenvalue weighted by atomic mass is 35.5. The molecule has 2 atom stereocenters. The first-order valence-electron chi connectivity index (χ1n) is 8.14. The van der Waals surface area contributed by atoms with Crippen molar-refractivity contribution in [2.24, 2.45) is 5.16 Å². The molecule has 0 bridgehead atoms. The van der Waals surface area contributed by atoms with Gasteiger partial charge in [-0.05, 0) is 25.1 Å². The zero-order valence-corrected chi connectivity index (χ0v) is 16.1. The van der Waals surface area contributed by atoms with Gasteiger partial charge in [-0.3, -0.25) is 0 Å². The Labute approximate surface area is 160 Å². The number of thiazole rings is 1. The van der Waals surface area contributed by atoms with Crippen molar-refractivity contribution >= 4 is 40.7 Å². The molecule has 0 amide bonds. The van der Waals surface area contributed by atoms with Crippen LogP contribution in [-0.4, -0.2) is 30.0 Å². The van der Waals surface area contributed by atoms with Crippen LogP contribution in [0.1, 0.15) is 41.1 Å². The minimum atomic E-state index is -0.246. The van der Waals surface area contributed by atoms with Gasteiger partial charge in [0.1, 0.15) is 11.5 Å². The SMILES string of the molecule is CSOc1cccc(Cl)c1C1CC(c2csc(C3CCNC3)n2)=NO1. The van der Waals surface area contributed by atoms with Crippen LogP contribution in [0.3, 0.4) is 0 Å². The molecule has 2 aliphatic heterocycles. The quantitative estimate of drug-likeness (QED) is 0.760. The highest BCUT2D eigenvalue weighted by molar-refractivity contribution is 7.94. The van der Waals surface area contributed by atoms with Crippen molar-refractivity contribution in [3.8, 4) is 5.75 Å². The number of aromatic nitrogens is 1. The van der Waals surface area contributed by atoms with E-state index >= 15 is 0 Å². The van der Waals surface area contributed by atoms with Crippen LogP contribution in [0.4, 0.5) is 0 Å². The van der Waals surface area contributed by atoms with Crippen LogP contribution < -0.4 is 9.50 Å². The van der Waals surface area contributed by atoms with E-state index in [9.17, 15) is 0 Å². The number of rotatable bonds is 5. The molecule has 1 aromatic carbocycles. The second kappa shape index (κ2) is 7.53. The van der Waals surface area contributed by atoms with Gasteiger partial charge in [-0.15, -0.1) is 11.3 Å². The van der Waals surface area contributed by atoms with E-state index in [1.165, 1.54) is 17.1 Å². The molecule has 5 nitrogen and oxygen atoms in total. The molecule has 25 heavy (non-hydrogen) atoms. The van der Waals surface area contributed by atoms with Crippen molar-refractivity contribution in [2.45, 2.75) is 24.9 Å². The van der Waals surface area contributed by atoms with E-state index in [0.29, 0.717) is 17.4 Å². The number of nitrogens with one attached hydrogen (secondary N) is 1. The molecule has 0 radical (unpaired) electrons. The Morgan fingerprint density at radius 2 is 2.36 bits per heavy atom. The number of halogens is 1. The summed E-state index contributed by atoms with van der Waals surface area (Å²) in [6.07, 6.45) is 3.41. The number of hydrogen-bond donors (Lipinski definition) is 1. The first-order valence-corrected chi connectivity index (χ1v) is 10.5. The summed E-state index contributed by atoms with van der Waals surface area (Å²) >= 11 is 9.37. The lowest BCUT2D eigenvalue weighted by Gasteiger charge is -2.14. The Morgan fingerprint density at radius 3 is 3.16 bits per heavy atom. The second-order valence-electron chi connectivity index (χ2n) is 6.00. The number of nitrogens with zero attached hydrogens (tertiary/aromatic N) is 2. The third-order valence-corrected chi connectivity index (χ3v) is 6.09. The molecule has 0 aliphatic carbocycles. The number of benzene rings is 1. The Morgan fingerprint density at radius 1 is 1.44 bits per heavy atom. The van der Waals surface area contributed by atoms with E-state index in [2.05, 4.69) is 15.9 Å². The van der Waals surface area contributed by atoms with E-state index < -0.39 is 0 Å². The van der Waals surface area contributed by atoms with Crippen molar-refractivity contribution in [1.82, 2.24) is 10.3 Å². The molecular formula is C17H18ClN3O2S2. The molecule has 4 rings (SSSR count). The summed E-state index contributed by atoms with van der Waals surface area (Å²) in [4.78, 5) is 10.5. The zero-order chi connectivity index (χ0) is 17.2. The first kappa shape index (κ1) is 17.1. The average molecular weight is 396 g/mol. The van der Waals surface area contributed by atoms with Crippen molar-refractivity contribution in [3.63, 3.8) is 0 Å². The molecule has 1 fully saturated rings. The molecule has 3 heterocycles.